The minimum absolute atomic E-state index is 0.676. The van der Waals surface area contributed by atoms with Gasteiger partial charge in [-0.05, 0) is 57.0 Å². The zero-order valence-corrected chi connectivity index (χ0v) is 11.2. The highest BCUT2D eigenvalue weighted by atomic mass is 15.0. The molecule has 2 heteroatoms. The lowest BCUT2D eigenvalue weighted by Crippen LogP contribution is -2.20. The summed E-state index contributed by atoms with van der Waals surface area (Å²) < 4.78 is 0. The molecule has 2 rings (SSSR count). The average Bonchev–Trinajstić information content (AvgIpc) is 3.11. The molecule has 1 aromatic carbocycles. The van der Waals surface area contributed by atoms with Crippen molar-refractivity contribution in [3.63, 3.8) is 0 Å². The summed E-state index contributed by atoms with van der Waals surface area (Å²) in [7, 11) is 4.21. The van der Waals surface area contributed by atoms with Crippen molar-refractivity contribution in [3.05, 3.63) is 29.8 Å². The van der Waals surface area contributed by atoms with Crippen molar-refractivity contribution in [2.24, 2.45) is 5.92 Å². The fourth-order valence-electron chi connectivity index (χ4n) is 2.34. The molecule has 0 bridgehead atoms. The molecule has 0 spiro atoms. The Morgan fingerprint density at radius 3 is 2.35 bits per heavy atom. The summed E-state index contributed by atoms with van der Waals surface area (Å²) in [5.41, 5.74) is 2.64. The van der Waals surface area contributed by atoms with E-state index in [-0.39, 0.29) is 0 Å². The van der Waals surface area contributed by atoms with Crippen LogP contribution in [0.15, 0.2) is 24.3 Å². The predicted octanol–water partition coefficient (Wildman–Crippen LogP) is 3.35. The van der Waals surface area contributed by atoms with Gasteiger partial charge in [-0.25, -0.2) is 0 Å². The highest BCUT2D eigenvalue weighted by Crippen LogP contribution is 2.35. The van der Waals surface area contributed by atoms with Crippen LogP contribution in [0.1, 0.15) is 31.7 Å². The van der Waals surface area contributed by atoms with Crippen molar-refractivity contribution >= 4 is 5.69 Å². The van der Waals surface area contributed by atoms with Crippen LogP contribution in [0, 0.1) is 5.92 Å². The number of anilines is 1. The molecule has 2 nitrogen and oxygen atoms in total. The minimum atomic E-state index is 0.676. The van der Waals surface area contributed by atoms with E-state index < -0.39 is 0 Å². The van der Waals surface area contributed by atoms with Crippen LogP contribution in [-0.4, -0.2) is 25.0 Å². The maximum atomic E-state index is 3.66. The van der Waals surface area contributed by atoms with Crippen LogP contribution >= 0.6 is 0 Å². The Labute approximate surface area is 105 Å². The third kappa shape index (κ3) is 3.74. The number of nitrogens with one attached hydrogen (secondary N) is 1. The maximum Gasteiger partial charge on any atom is 0.0342 e. The molecule has 0 aliphatic heterocycles. The van der Waals surface area contributed by atoms with E-state index in [0.29, 0.717) is 6.04 Å². The van der Waals surface area contributed by atoms with Crippen molar-refractivity contribution in [2.75, 3.05) is 19.4 Å². The van der Waals surface area contributed by atoms with Crippen LogP contribution in [-0.2, 0) is 6.54 Å². The van der Waals surface area contributed by atoms with E-state index in [4.69, 9.17) is 0 Å². The summed E-state index contributed by atoms with van der Waals surface area (Å²) in [6.45, 7) is 3.29. The fourth-order valence-corrected chi connectivity index (χ4v) is 2.34. The van der Waals surface area contributed by atoms with Crippen molar-refractivity contribution in [2.45, 2.75) is 38.8 Å². The largest absolute Gasteiger partial charge is 0.382 e. The van der Waals surface area contributed by atoms with Gasteiger partial charge in [-0.15, -0.1) is 0 Å². The van der Waals surface area contributed by atoms with Crippen LogP contribution in [0.5, 0.6) is 0 Å². The van der Waals surface area contributed by atoms with E-state index in [1.54, 1.807) is 0 Å². The third-order valence-electron chi connectivity index (χ3n) is 3.44. The highest BCUT2D eigenvalue weighted by Gasteiger charge is 2.29. The molecule has 17 heavy (non-hydrogen) atoms. The SMILES string of the molecule is CCC(Nc1ccc(CN(C)C)cc1)C1CC1. The first-order chi connectivity index (χ1) is 8.19. The number of hydrogen-bond donors (Lipinski definition) is 1. The van der Waals surface area contributed by atoms with E-state index in [1.807, 2.05) is 0 Å². The highest BCUT2D eigenvalue weighted by molar-refractivity contribution is 5.45. The first-order valence-electron chi connectivity index (χ1n) is 6.69. The van der Waals surface area contributed by atoms with Crippen LogP contribution < -0.4 is 5.32 Å². The first kappa shape index (κ1) is 12.4. The van der Waals surface area contributed by atoms with Gasteiger partial charge in [0, 0.05) is 18.3 Å². The van der Waals surface area contributed by atoms with Gasteiger partial charge in [0.1, 0.15) is 0 Å². The minimum Gasteiger partial charge on any atom is -0.382 e. The van der Waals surface area contributed by atoms with E-state index >= 15 is 0 Å². The standard InChI is InChI=1S/C15H24N2/c1-4-15(13-7-8-13)16-14-9-5-12(6-10-14)11-17(2)3/h5-6,9-10,13,15-16H,4,7-8,11H2,1-3H3. The van der Waals surface area contributed by atoms with Crippen molar-refractivity contribution in [1.29, 1.82) is 0 Å². The monoisotopic (exact) mass is 232 g/mol. The fraction of sp³-hybridized carbons (Fsp3) is 0.600. The van der Waals surface area contributed by atoms with Crippen molar-refractivity contribution in [3.8, 4) is 0 Å². The van der Waals surface area contributed by atoms with E-state index in [0.717, 1.165) is 12.5 Å². The van der Waals surface area contributed by atoms with Crippen LogP contribution in [0.4, 0.5) is 5.69 Å². The van der Waals surface area contributed by atoms with Crippen LogP contribution in [0.3, 0.4) is 0 Å². The smallest absolute Gasteiger partial charge is 0.0342 e. The molecule has 1 unspecified atom stereocenters. The third-order valence-corrected chi connectivity index (χ3v) is 3.44. The lowest BCUT2D eigenvalue weighted by Gasteiger charge is -2.18. The lowest BCUT2D eigenvalue weighted by atomic mass is 10.1. The molecule has 0 heterocycles. The zero-order chi connectivity index (χ0) is 12.3. The molecule has 1 aromatic rings. The zero-order valence-electron chi connectivity index (χ0n) is 11.2. The van der Waals surface area contributed by atoms with Gasteiger partial charge in [-0.3, -0.25) is 0 Å². The Morgan fingerprint density at radius 2 is 1.88 bits per heavy atom. The maximum absolute atomic E-state index is 3.66. The molecule has 94 valence electrons. The summed E-state index contributed by atoms with van der Waals surface area (Å²) in [4.78, 5) is 2.20. The van der Waals surface area contributed by atoms with E-state index in [1.165, 1.54) is 30.5 Å². The van der Waals surface area contributed by atoms with Gasteiger partial charge in [-0.1, -0.05) is 19.1 Å². The molecule has 0 amide bonds. The quantitative estimate of drug-likeness (QED) is 0.809. The molecule has 0 aromatic heterocycles. The first-order valence-corrected chi connectivity index (χ1v) is 6.69. The topological polar surface area (TPSA) is 15.3 Å². The number of nitrogens with zero attached hydrogens (tertiary/aromatic N) is 1. The molecule has 1 N–H and O–H groups in total. The number of benzene rings is 1. The second-order valence-electron chi connectivity index (χ2n) is 5.43. The molecule has 1 fully saturated rings. The van der Waals surface area contributed by atoms with Crippen LogP contribution in [0.25, 0.3) is 0 Å². The number of hydrogen-bond acceptors (Lipinski definition) is 2. The second kappa shape index (κ2) is 5.54. The Hall–Kier alpha value is -1.02. The Balaban J connectivity index is 1.92. The summed E-state index contributed by atoms with van der Waals surface area (Å²) in [5.74, 6) is 0.918. The lowest BCUT2D eigenvalue weighted by molar-refractivity contribution is 0.402. The van der Waals surface area contributed by atoms with Gasteiger partial charge < -0.3 is 10.2 Å². The summed E-state index contributed by atoms with van der Waals surface area (Å²) in [6, 6.07) is 9.55. The van der Waals surface area contributed by atoms with Gasteiger partial charge in [-0.2, -0.15) is 0 Å². The van der Waals surface area contributed by atoms with E-state index in [9.17, 15) is 0 Å². The Bertz CT molecular complexity index is 338. The number of rotatable bonds is 6. The van der Waals surface area contributed by atoms with Gasteiger partial charge in [0.05, 0.1) is 0 Å². The molecular formula is C15H24N2. The molecule has 0 radical (unpaired) electrons. The van der Waals surface area contributed by atoms with Gasteiger partial charge >= 0.3 is 0 Å². The Kier molecular flexibility index (Phi) is 4.06. The summed E-state index contributed by atoms with van der Waals surface area (Å²) in [5, 5.41) is 3.66. The Morgan fingerprint density at radius 1 is 1.24 bits per heavy atom. The van der Waals surface area contributed by atoms with E-state index in [2.05, 4.69) is 55.5 Å². The predicted molar refractivity (Wildman–Crippen MR) is 74.3 cm³/mol. The molecule has 1 aliphatic carbocycles. The van der Waals surface area contributed by atoms with Crippen molar-refractivity contribution < 1.29 is 0 Å². The molecule has 0 saturated heterocycles. The summed E-state index contributed by atoms with van der Waals surface area (Å²) >= 11 is 0. The van der Waals surface area contributed by atoms with Gasteiger partial charge in [0.15, 0.2) is 0 Å². The molecule has 1 aliphatic rings. The normalized spacial score (nSPS) is 17.2. The van der Waals surface area contributed by atoms with Gasteiger partial charge in [0.25, 0.3) is 0 Å². The average molecular weight is 232 g/mol. The van der Waals surface area contributed by atoms with Crippen LogP contribution in [0.2, 0.25) is 0 Å². The molecular weight excluding hydrogens is 208 g/mol. The second-order valence-corrected chi connectivity index (χ2v) is 5.43. The summed E-state index contributed by atoms with van der Waals surface area (Å²) in [6.07, 6.45) is 4.04. The molecule has 1 saturated carbocycles. The van der Waals surface area contributed by atoms with Crippen molar-refractivity contribution in [1.82, 2.24) is 4.90 Å². The van der Waals surface area contributed by atoms with Gasteiger partial charge in [0.2, 0.25) is 0 Å². The molecule has 1 atom stereocenters.